The van der Waals surface area contributed by atoms with Gasteiger partial charge >= 0.3 is 0 Å². The molecule has 15 aliphatic carbocycles. The molecule has 0 aliphatic heterocycles. The van der Waals surface area contributed by atoms with Gasteiger partial charge in [0, 0.05) is 47.3 Å². The number of hydrogen-bond donors (Lipinski definition) is 0. The van der Waals surface area contributed by atoms with Crippen molar-refractivity contribution in [3.8, 4) is 0 Å². The lowest BCUT2D eigenvalue weighted by molar-refractivity contribution is -0.139. The molecule has 0 radical (unpaired) electrons. The van der Waals surface area contributed by atoms with Crippen LogP contribution in [0.2, 0.25) is 0 Å². The van der Waals surface area contributed by atoms with Crippen molar-refractivity contribution >= 4 is 23.1 Å². The zero-order valence-electron chi connectivity index (χ0n) is 39.6. The van der Waals surface area contributed by atoms with E-state index in [0.29, 0.717) is 106 Å². The molecule has 0 aromatic carbocycles. The number of hydrogen-bond acceptors (Lipinski definition) is 4. The Morgan fingerprint density at radius 3 is 1.30 bits per heavy atom. The Bertz CT molecular complexity index is 1930. The molecule has 0 aromatic rings. The molecule has 15 saturated carbocycles. The van der Waals surface area contributed by atoms with Crippen molar-refractivity contribution in [3.63, 3.8) is 0 Å². The van der Waals surface area contributed by atoms with Crippen molar-refractivity contribution in [3.05, 3.63) is 0 Å². The Morgan fingerprint density at radius 2 is 0.625 bits per heavy atom. The minimum absolute atomic E-state index is 0.176. The van der Waals surface area contributed by atoms with Crippen LogP contribution in [0, 0.1) is 166 Å². The second-order valence-electron chi connectivity index (χ2n) is 27.9. The third kappa shape index (κ3) is 5.53. The summed E-state index contributed by atoms with van der Waals surface area (Å²) in [6.07, 6.45) is 36.4. The first-order valence-electron chi connectivity index (χ1n) is 29.6. The highest BCUT2D eigenvalue weighted by atomic mass is 16.1. The van der Waals surface area contributed by atoms with E-state index in [4.69, 9.17) is 0 Å². The molecule has 0 heterocycles. The molecule has 28 atom stereocenters. The molecule has 0 spiro atoms. The van der Waals surface area contributed by atoms with Gasteiger partial charge in [-0.3, -0.25) is 19.2 Å². The number of rotatable bonds is 1. The predicted molar refractivity (Wildman–Crippen MR) is 247 cm³/mol. The predicted octanol–water partition coefficient (Wildman–Crippen LogP) is 12.6. The molecule has 28 unspecified atom stereocenters. The Kier molecular flexibility index (Phi) is 9.56. The summed E-state index contributed by atoms with van der Waals surface area (Å²) in [5, 5.41) is 0. The van der Waals surface area contributed by atoms with Crippen LogP contribution >= 0.6 is 0 Å². The molecule has 15 fully saturated rings. The van der Waals surface area contributed by atoms with Crippen LogP contribution in [0.15, 0.2) is 0 Å². The largest absolute Gasteiger partial charge is 0.299 e. The van der Waals surface area contributed by atoms with E-state index < -0.39 is 0 Å². The van der Waals surface area contributed by atoms with Crippen molar-refractivity contribution < 1.29 is 19.2 Å². The van der Waals surface area contributed by atoms with Crippen LogP contribution < -0.4 is 0 Å². The van der Waals surface area contributed by atoms with Gasteiger partial charge < -0.3 is 0 Å². The zero-order valence-corrected chi connectivity index (χ0v) is 39.6. The minimum atomic E-state index is 0.176. The van der Waals surface area contributed by atoms with Gasteiger partial charge in [-0.2, -0.15) is 0 Å². The molecule has 0 N–H and O–H groups in total. The van der Waals surface area contributed by atoms with Gasteiger partial charge in [0.05, 0.1) is 0 Å². The third-order valence-electron chi connectivity index (χ3n) is 26.8. The minimum Gasteiger partial charge on any atom is -0.299 e. The number of ketones is 4. The maximum atomic E-state index is 15.5. The SMILES string of the molecule is O=C1C2CCCCC2C2C1C1CCCCC1C1C3CC4C(CCCC4C4CCC5C(C4)C4C(=O)C6CC7CCCCC7CC6C4C4C(=O)C6CC7CCCCC7CC6C54)CC3C(=O)C12. The van der Waals surface area contributed by atoms with Crippen LogP contribution in [0.4, 0.5) is 0 Å². The van der Waals surface area contributed by atoms with E-state index in [9.17, 15) is 4.79 Å². The van der Waals surface area contributed by atoms with E-state index in [1.54, 1.807) is 0 Å². The van der Waals surface area contributed by atoms with Gasteiger partial charge in [0.2, 0.25) is 0 Å². The summed E-state index contributed by atoms with van der Waals surface area (Å²) in [6.45, 7) is 0. The summed E-state index contributed by atoms with van der Waals surface area (Å²) < 4.78 is 0. The molecule has 0 bridgehead atoms. The lowest BCUT2D eigenvalue weighted by Crippen LogP contribution is -2.52. The van der Waals surface area contributed by atoms with Crippen molar-refractivity contribution in [1.29, 1.82) is 0 Å². The van der Waals surface area contributed by atoms with Crippen LogP contribution in [0.5, 0.6) is 0 Å². The van der Waals surface area contributed by atoms with E-state index in [1.807, 2.05) is 0 Å². The summed E-state index contributed by atoms with van der Waals surface area (Å²) in [7, 11) is 0. The average Bonchev–Trinajstić information content (AvgIpc) is 4.00. The molecule has 15 aliphatic rings. The van der Waals surface area contributed by atoms with Gasteiger partial charge in [-0.05, 0) is 208 Å². The van der Waals surface area contributed by atoms with Crippen LogP contribution in [-0.2, 0) is 19.2 Å². The van der Waals surface area contributed by atoms with Crippen molar-refractivity contribution in [2.24, 2.45) is 166 Å². The first kappa shape index (κ1) is 40.6. The van der Waals surface area contributed by atoms with E-state index in [1.165, 1.54) is 173 Å². The normalized spacial score (nSPS) is 60.1. The number of fused-ring (bicyclic) bond motifs is 23. The summed E-state index contributed by atoms with van der Waals surface area (Å²) in [6, 6.07) is 0. The summed E-state index contributed by atoms with van der Waals surface area (Å²) in [5.41, 5.74) is 0. The van der Waals surface area contributed by atoms with Crippen LogP contribution in [0.1, 0.15) is 180 Å². The maximum absolute atomic E-state index is 15.5. The van der Waals surface area contributed by atoms with Gasteiger partial charge in [-0.15, -0.1) is 0 Å². The van der Waals surface area contributed by atoms with Crippen molar-refractivity contribution in [1.82, 2.24) is 0 Å². The molecule has 0 amide bonds. The summed E-state index contributed by atoms with van der Waals surface area (Å²) >= 11 is 0. The molecule has 15 rings (SSSR count). The van der Waals surface area contributed by atoms with Crippen molar-refractivity contribution in [2.75, 3.05) is 0 Å². The van der Waals surface area contributed by atoms with Crippen LogP contribution in [0.25, 0.3) is 0 Å². The molecular formula is C60H84O4. The first-order valence-corrected chi connectivity index (χ1v) is 29.6. The van der Waals surface area contributed by atoms with Gasteiger partial charge in [0.15, 0.2) is 0 Å². The standard InChI is InChI=1S/C60H84O4/c61-57-40-18-8-7-17-38(40)51-53(57)37-16-6-5-15-36(37)49-45-28-41-33(27-48(45)60(64)55(49)51)14-9-19-35(41)34-20-21-39-42(26-34)54-52(44-23-30-11-2-4-13-32(30)25-47(44)58(54)62)56-50(39)43-22-29-10-1-3-12-31(29)24-46(43)59(56)63/h29-56H,1-28H2. The quantitative estimate of drug-likeness (QED) is 0.263. The lowest BCUT2D eigenvalue weighted by Gasteiger charge is -2.56. The second-order valence-corrected chi connectivity index (χ2v) is 27.9. The maximum Gasteiger partial charge on any atom is 0.139 e. The Labute approximate surface area is 386 Å². The fraction of sp³-hybridized carbons (Fsp3) is 0.933. The average molecular weight is 869 g/mol. The smallest absolute Gasteiger partial charge is 0.139 e. The Balaban J connectivity index is 0.750. The van der Waals surface area contributed by atoms with Crippen LogP contribution in [-0.4, -0.2) is 23.1 Å². The van der Waals surface area contributed by atoms with Gasteiger partial charge in [-0.25, -0.2) is 0 Å². The van der Waals surface area contributed by atoms with Gasteiger partial charge in [-0.1, -0.05) is 89.9 Å². The summed E-state index contributed by atoms with van der Waals surface area (Å²) in [4.78, 5) is 60.4. The highest BCUT2D eigenvalue weighted by Gasteiger charge is 2.72. The number of carbonyl (C=O) groups is 4. The molecule has 348 valence electrons. The van der Waals surface area contributed by atoms with Crippen molar-refractivity contribution in [2.45, 2.75) is 180 Å². The molecule has 4 heteroatoms. The number of Topliss-reactive ketones (excluding diaryl/α,β-unsaturated/α-hetero) is 4. The highest BCUT2D eigenvalue weighted by Crippen LogP contribution is 2.72. The van der Waals surface area contributed by atoms with E-state index in [0.717, 1.165) is 47.8 Å². The lowest BCUT2D eigenvalue weighted by atomic mass is 9.47. The molecule has 0 aromatic heterocycles. The molecule has 0 saturated heterocycles. The fourth-order valence-corrected chi connectivity index (χ4v) is 25.2. The van der Waals surface area contributed by atoms with E-state index in [2.05, 4.69) is 0 Å². The van der Waals surface area contributed by atoms with Crippen LogP contribution in [0.3, 0.4) is 0 Å². The Morgan fingerprint density at radius 1 is 0.219 bits per heavy atom. The number of carbonyl (C=O) groups excluding carboxylic acids is 4. The second kappa shape index (κ2) is 15.1. The molecule has 64 heavy (non-hydrogen) atoms. The van der Waals surface area contributed by atoms with E-state index in [-0.39, 0.29) is 41.4 Å². The Hall–Kier alpha value is -1.32. The topological polar surface area (TPSA) is 68.3 Å². The molecular weight excluding hydrogens is 785 g/mol. The highest BCUT2D eigenvalue weighted by molar-refractivity contribution is 5.93. The first-order chi connectivity index (χ1) is 31.4. The summed E-state index contributed by atoms with van der Waals surface area (Å²) in [5.74, 6) is 17.1. The van der Waals surface area contributed by atoms with E-state index >= 15 is 14.4 Å². The fourth-order valence-electron chi connectivity index (χ4n) is 25.2. The van der Waals surface area contributed by atoms with Gasteiger partial charge in [0.1, 0.15) is 23.1 Å². The monoisotopic (exact) mass is 869 g/mol. The van der Waals surface area contributed by atoms with Gasteiger partial charge in [0.25, 0.3) is 0 Å². The molecule has 4 nitrogen and oxygen atoms in total. The zero-order chi connectivity index (χ0) is 42.3. The third-order valence-corrected chi connectivity index (χ3v) is 26.8.